The average molecular weight is 688 g/mol. The highest BCUT2D eigenvalue weighted by Gasteiger charge is 2.35. The number of aliphatic hydroxyl groups is 2. The maximum atomic E-state index is 13.6. The number of amides is 2. The molecule has 266 valence electrons. The molecule has 1 aromatic carbocycles. The van der Waals surface area contributed by atoms with Crippen molar-refractivity contribution in [3.05, 3.63) is 35.9 Å². The zero-order valence-corrected chi connectivity index (χ0v) is 28.5. The van der Waals surface area contributed by atoms with Crippen molar-refractivity contribution in [2.24, 2.45) is 17.8 Å². The molecule has 9 nitrogen and oxygen atoms in total. The van der Waals surface area contributed by atoms with Crippen LogP contribution in [0.1, 0.15) is 70.8 Å². The van der Waals surface area contributed by atoms with Gasteiger partial charge in [-0.3, -0.25) is 14.5 Å². The van der Waals surface area contributed by atoms with E-state index in [-0.39, 0.29) is 31.2 Å². The Morgan fingerprint density at radius 1 is 1.06 bits per heavy atom. The van der Waals surface area contributed by atoms with E-state index in [1.807, 2.05) is 13.8 Å². The van der Waals surface area contributed by atoms with E-state index in [9.17, 15) is 41.4 Å². The molecular formula is C34H52F3N3O6S. The lowest BCUT2D eigenvalue weighted by Crippen LogP contribution is -2.56. The third-order valence-corrected chi connectivity index (χ3v) is 10.2. The molecule has 1 aliphatic rings. The molecule has 2 rings (SSSR count). The first kappa shape index (κ1) is 40.5. The second-order valence-corrected chi connectivity index (χ2v) is 15.6. The smallest absolute Gasteiger partial charge is 0.390 e. The number of aliphatic hydroxyl groups excluding tert-OH is 2. The van der Waals surface area contributed by atoms with E-state index in [2.05, 4.69) is 16.6 Å². The van der Waals surface area contributed by atoms with Crippen LogP contribution >= 0.6 is 0 Å². The predicted octanol–water partition coefficient (Wildman–Crippen LogP) is 3.49. The second-order valence-electron chi connectivity index (χ2n) is 13.4. The van der Waals surface area contributed by atoms with Gasteiger partial charge in [-0.05, 0) is 43.7 Å². The summed E-state index contributed by atoms with van der Waals surface area (Å²) in [6, 6.07) is 6.59. The van der Waals surface area contributed by atoms with E-state index >= 15 is 0 Å². The van der Waals surface area contributed by atoms with Crippen LogP contribution in [0.15, 0.2) is 30.3 Å². The summed E-state index contributed by atoms with van der Waals surface area (Å²) in [7, 11) is -2.84. The molecule has 47 heavy (non-hydrogen) atoms. The molecule has 13 heteroatoms. The number of nitrogens with one attached hydrogen (secondary N) is 2. The van der Waals surface area contributed by atoms with Crippen molar-refractivity contribution in [1.82, 2.24) is 15.5 Å². The number of hydrogen-bond donors (Lipinski definition) is 4. The van der Waals surface area contributed by atoms with Gasteiger partial charge in [0.2, 0.25) is 11.8 Å². The van der Waals surface area contributed by atoms with Crippen LogP contribution in [0.2, 0.25) is 0 Å². The molecule has 0 bridgehead atoms. The number of carbonyl (C=O) groups is 2. The Bertz CT molecular complexity index is 1250. The van der Waals surface area contributed by atoms with Crippen LogP contribution in [0, 0.1) is 30.1 Å². The van der Waals surface area contributed by atoms with Crippen LogP contribution in [0.4, 0.5) is 13.2 Å². The van der Waals surface area contributed by atoms with Crippen molar-refractivity contribution in [3.63, 3.8) is 0 Å². The standard InChI is InChI=1S/C34H52F3N3O6S/c1-5-12-28(33(44)39-29(21-26-15-10-7-11-16-26)31(42)30(41)19-24(2)3)38-32(43)27(20-25-13-8-6-9-14-25)22-47(45,46)18-17-40(4)23-34(35,36)37/h1,6,8-9,13-14,24,26-31,41-42H,7,10-12,15-23H2,2-4H3,(H,38,43)(H,39,44)/t27-,28+,29+,30+,31-/m1/s1. The zero-order chi connectivity index (χ0) is 35.2. The third-order valence-electron chi connectivity index (χ3n) is 8.50. The molecule has 1 aliphatic carbocycles. The van der Waals surface area contributed by atoms with Crippen molar-refractivity contribution < 1.29 is 41.4 Å². The number of terminal acetylenes is 1. The highest BCUT2D eigenvalue weighted by molar-refractivity contribution is 7.91. The van der Waals surface area contributed by atoms with Crippen LogP contribution in [0.25, 0.3) is 0 Å². The maximum Gasteiger partial charge on any atom is 0.401 e. The first-order valence-electron chi connectivity index (χ1n) is 16.4. The zero-order valence-electron chi connectivity index (χ0n) is 27.7. The predicted molar refractivity (Wildman–Crippen MR) is 176 cm³/mol. The summed E-state index contributed by atoms with van der Waals surface area (Å²) in [5.41, 5.74) is 0.657. The molecule has 4 N–H and O–H groups in total. The van der Waals surface area contributed by atoms with Crippen LogP contribution in [-0.4, -0.2) is 97.5 Å². The van der Waals surface area contributed by atoms with Gasteiger partial charge >= 0.3 is 6.18 Å². The molecule has 1 saturated carbocycles. The van der Waals surface area contributed by atoms with Crippen molar-refractivity contribution in [1.29, 1.82) is 0 Å². The van der Waals surface area contributed by atoms with Gasteiger partial charge in [-0.1, -0.05) is 76.3 Å². The van der Waals surface area contributed by atoms with Gasteiger partial charge in [0.15, 0.2) is 9.84 Å². The van der Waals surface area contributed by atoms with Gasteiger partial charge < -0.3 is 20.8 Å². The van der Waals surface area contributed by atoms with E-state index in [0.29, 0.717) is 18.4 Å². The van der Waals surface area contributed by atoms with Crippen molar-refractivity contribution in [3.8, 4) is 12.3 Å². The Labute approximate surface area is 278 Å². The number of halogens is 3. The van der Waals surface area contributed by atoms with E-state index < -0.39 is 76.1 Å². The van der Waals surface area contributed by atoms with Gasteiger partial charge in [0.05, 0.1) is 36.1 Å². The van der Waals surface area contributed by atoms with Gasteiger partial charge in [-0.25, -0.2) is 8.42 Å². The van der Waals surface area contributed by atoms with Crippen LogP contribution < -0.4 is 10.6 Å². The van der Waals surface area contributed by atoms with Gasteiger partial charge in [0.1, 0.15) is 12.1 Å². The maximum absolute atomic E-state index is 13.6. The number of rotatable bonds is 19. The van der Waals surface area contributed by atoms with E-state index in [4.69, 9.17) is 6.42 Å². The minimum Gasteiger partial charge on any atom is -0.390 e. The summed E-state index contributed by atoms with van der Waals surface area (Å²) < 4.78 is 64.3. The van der Waals surface area contributed by atoms with Gasteiger partial charge in [-0.2, -0.15) is 13.2 Å². The monoisotopic (exact) mass is 687 g/mol. The van der Waals surface area contributed by atoms with Crippen molar-refractivity contribution in [2.45, 2.75) is 102 Å². The normalized spacial score (nSPS) is 17.8. The summed E-state index contributed by atoms with van der Waals surface area (Å²) in [6.07, 6.45) is 4.34. The molecular weight excluding hydrogens is 635 g/mol. The fourth-order valence-corrected chi connectivity index (χ4v) is 7.69. The number of nitrogens with zero attached hydrogens (tertiary/aromatic N) is 1. The second kappa shape index (κ2) is 19.4. The minimum absolute atomic E-state index is 0.000893. The summed E-state index contributed by atoms with van der Waals surface area (Å²) in [5, 5.41) is 27.3. The fraction of sp³-hybridized carbons (Fsp3) is 0.706. The van der Waals surface area contributed by atoms with Gasteiger partial charge in [-0.15, -0.1) is 12.3 Å². The lowest BCUT2D eigenvalue weighted by Gasteiger charge is -2.33. The third kappa shape index (κ3) is 15.9. The van der Waals surface area contributed by atoms with Crippen LogP contribution in [-0.2, 0) is 25.8 Å². The first-order valence-corrected chi connectivity index (χ1v) is 18.2. The largest absolute Gasteiger partial charge is 0.401 e. The molecule has 0 aromatic heterocycles. The molecule has 5 atom stereocenters. The quantitative estimate of drug-likeness (QED) is 0.164. The number of hydrogen-bond acceptors (Lipinski definition) is 7. The highest BCUT2D eigenvalue weighted by atomic mass is 32.2. The van der Waals surface area contributed by atoms with Crippen LogP contribution in [0.5, 0.6) is 0 Å². The van der Waals surface area contributed by atoms with Crippen molar-refractivity contribution in [2.75, 3.05) is 31.6 Å². The topological polar surface area (TPSA) is 136 Å². The van der Waals surface area contributed by atoms with Gasteiger partial charge in [0.25, 0.3) is 0 Å². The molecule has 0 radical (unpaired) electrons. The molecule has 0 spiro atoms. The molecule has 1 fully saturated rings. The number of benzene rings is 1. The molecule has 2 amide bonds. The Morgan fingerprint density at radius 3 is 2.28 bits per heavy atom. The first-order chi connectivity index (χ1) is 22.0. The van der Waals surface area contributed by atoms with Gasteiger partial charge in [0, 0.05) is 13.0 Å². The Kier molecular flexibility index (Phi) is 16.7. The van der Waals surface area contributed by atoms with Crippen LogP contribution in [0.3, 0.4) is 0 Å². The fourth-order valence-electron chi connectivity index (χ4n) is 6.05. The SMILES string of the molecule is C#CC[C@H](NC(=O)[C@H](Cc1ccccc1)CS(=O)(=O)CCN(C)CC(F)(F)F)C(=O)N[C@@H](CC1CCCCC1)[C@@H](O)[C@@H](O)CC(C)C. The Hall–Kier alpha value is -2.66. The summed E-state index contributed by atoms with van der Waals surface area (Å²) in [4.78, 5) is 28.1. The molecule has 1 aromatic rings. The van der Waals surface area contributed by atoms with E-state index in [1.54, 1.807) is 30.3 Å². The molecule has 0 unspecified atom stereocenters. The number of sulfone groups is 1. The molecule has 0 aliphatic heterocycles. The summed E-state index contributed by atoms with van der Waals surface area (Å²) in [5.74, 6) is -1.11. The molecule has 0 saturated heterocycles. The highest BCUT2D eigenvalue weighted by Crippen LogP contribution is 2.29. The number of carbonyl (C=O) groups excluding carboxylic acids is 2. The summed E-state index contributed by atoms with van der Waals surface area (Å²) in [6.45, 7) is 2.17. The van der Waals surface area contributed by atoms with E-state index in [0.717, 1.165) is 37.0 Å². The lowest BCUT2D eigenvalue weighted by atomic mass is 9.82. The van der Waals surface area contributed by atoms with E-state index in [1.165, 1.54) is 7.05 Å². The Balaban J connectivity index is 2.24. The lowest BCUT2D eigenvalue weighted by molar-refractivity contribution is -0.142. The Morgan fingerprint density at radius 2 is 1.70 bits per heavy atom. The summed E-state index contributed by atoms with van der Waals surface area (Å²) >= 11 is 0. The minimum atomic E-state index is -4.49. The molecule has 0 heterocycles. The number of alkyl halides is 3. The average Bonchev–Trinajstić information content (AvgIpc) is 2.98. The van der Waals surface area contributed by atoms with Crippen molar-refractivity contribution >= 4 is 21.7 Å².